The molecule has 1 atom stereocenters. The summed E-state index contributed by atoms with van der Waals surface area (Å²) >= 11 is 0. The molecule has 3 rings (SSSR count). The highest BCUT2D eigenvalue weighted by Gasteiger charge is 2.18. The van der Waals surface area contributed by atoms with Gasteiger partial charge in [0.15, 0.2) is 6.61 Å². The molecule has 0 heterocycles. The number of carbonyl (C=O) groups excluding carboxylic acids is 2. The van der Waals surface area contributed by atoms with Gasteiger partial charge in [0.2, 0.25) is 0 Å². The number of carbonyl (C=O) groups is 2. The van der Waals surface area contributed by atoms with E-state index in [0.717, 1.165) is 22.4 Å². The first kappa shape index (κ1) is 20.1. The Morgan fingerprint density at radius 3 is 2.14 bits per heavy atom. The number of amides is 1. The normalized spacial score (nSPS) is 11.4. The third kappa shape index (κ3) is 5.23. The first-order valence-corrected chi connectivity index (χ1v) is 9.29. The van der Waals surface area contributed by atoms with Crippen molar-refractivity contribution in [3.63, 3.8) is 0 Å². The molecule has 0 spiro atoms. The minimum absolute atomic E-state index is 0.355. The number of benzene rings is 3. The minimum atomic E-state index is -0.515. The van der Waals surface area contributed by atoms with E-state index in [0.29, 0.717) is 5.56 Å². The molecule has 1 N–H and O–H groups in total. The molecule has 3 aromatic rings. The fraction of sp³-hybridized carbons (Fsp3) is 0.167. The molecule has 0 aromatic heterocycles. The number of hydrogen-bond donors (Lipinski definition) is 1. The van der Waals surface area contributed by atoms with E-state index in [1.54, 1.807) is 19.2 Å². The average Bonchev–Trinajstić information content (AvgIpc) is 2.77. The van der Waals surface area contributed by atoms with Gasteiger partial charge in [0.1, 0.15) is 5.75 Å². The molecule has 0 radical (unpaired) electrons. The summed E-state index contributed by atoms with van der Waals surface area (Å²) in [6.45, 7) is 1.47. The van der Waals surface area contributed by atoms with Crippen molar-refractivity contribution in [1.82, 2.24) is 5.32 Å². The third-order valence-corrected chi connectivity index (χ3v) is 4.59. The number of esters is 1. The molecule has 0 fully saturated rings. The van der Waals surface area contributed by atoms with Crippen molar-refractivity contribution in [3.05, 3.63) is 101 Å². The Kier molecular flexibility index (Phi) is 6.63. The van der Waals surface area contributed by atoms with E-state index in [9.17, 15) is 9.59 Å². The van der Waals surface area contributed by atoms with Crippen molar-refractivity contribution in [2.45, 2.75) is 13.0 Å². The van der Waals surface area contributed by atoms with Crippen molar-refractivity contribution in [3.8, 4) is 5.75 Å². The molecule has 29 heavy (non-hydrogen) atoms. The molecule has 0 bridgehead atoms. The van der Waals surface area contributed by atoms with Gasteiger partial charge < -0.3 is 14.8 Å². The maximum Gasteiger partial charge on any atom is 0.338 e. The van der Waals surface area contributed by atoms with Crippen LogP contribution in [0.1, 0.15) is 33.1 Å². The van der Waals surface area contributed by atoms with E-state index in [1.807, 2.05) is 73.7 Å². The van der Waals surface area contributed by atoms with Gasteiger partial charge in [-0.1, -0.05) is 60.7 Å². The van der Waals surface area contributed by atoms with Crippen LogP contribution < -0.4 is 10.1 Å². The fourth-order valence-electron chi connectivity index (χ4n) is 3.01. The van der Waals surface area contributed by atoms with Crippen LogP contribution >= 0.6 is 0 Å². The van der Waals surface area contributed by atoms with E-state index in [-0.39, 0.29) is 18.6 Å². The summed E-state index contributed by atoms with van der Waals surface area (Å²) in [5.41, 5.74) is 3.08. The first-order chi connectivity index (χ1) is 14.1. The Labute approximate surface area is 170 Å². The highest BCUT2D eigenvalue weighted by atomic mass is 16.5. The molecule has 3 aromatic carbocycles. The zero-order valence-corrected chi connectivity index (χ0v) is 16.4. The molecule has 0 aliphatic rings. The molecular weight excluding hydrogens is 366 g/mol. The number of aryl methyl sites for hydroxylation is 1. The van der Waals surface area contributed by atoms with Gasteiger partial charge in [0.25, 0.3) is 5.91 Å². The smallest absolute Gasteiger partial charge is 0.338 e. The average molecular weight is 389 g/mol. The van der Waals surface area contributed by atoms with E-state index >= 15 is 0 Å². The lowest BCUT2D eigenvalue weighted by atomic mass is 9.98. The lowest BCUT2D eigenvalue weighted by Crippen LogP contribution is -2.33. The Balaban J connectivity index is 1.71. The van der Waals surface area contributed by atoms with Gasteiger partial charge in [-0.05, 0) is 41.8 Å². The maximum absolute atomic E-state index is 12.5. The molecule has 0 aliphatic heterocycles. The molecule has 0 saturated carbocycles. The molecule has 0 unspecified atom stereocenters. The van der Waals surface area contributed by atoms with Crippen LogP contribution in [0.5, 0.6) is 5.75 Å². The van der Waals surface area contributed by atoms with Crippen LogP contribution in [0.4, 0.5) is 0 Å². The second-order valence-corrected chi connectivity index (χ2v) is 6.58. The second-order valence-electron chi connectivity index (χ2n) is 6.58. The maximum atomic E-state index is 12.5. The molecule has 5 heteroatoms. The minimum Gasteiger partial charge on any atom is -0.497 e. The molecule has 148 valence electrons. The predicted octanol–water partition coefficient (Wildman–Crippen LogP) is 4.07. The summed E-state index contributed by atoms with van der Waals surface area (Å²) in [4.78, 5) is 24.8. The van der Waals surface area contributed by atoms with Crippen LogP contribution in [-0.2, 0) is 9.53 Å². The summed E-state index contributed by atoms with van der Waals surface area (Å²) in [5, 5.41) is 2.95. The SMILES string of the molecule is COc1ccc([C@H](NC(=O)COC(=O)c2ccccc2C)c2ccccc2)cc1. The lowest BCUT2D eigenvalue weighted by Gasteiger charge is -2.20. The number of methoxy groups -OCH3 is 1. The number of rotatable bonds is 7. The lowest BCUT2D eigenvalue weighted by molar-refractivity contribution is -0.124. The van der Waals surface area contributed by atoms with Crippen LogP contribution in [0.3, 0.4) is 0 Å². The Hall–Kier alpha value is -3.60. The van der Waals surface area contributed by atoms with E-state index in [4.69, 9.17) is 9.47 Å². The van der Waals surface area contributed by atoms with E-state index in [1.165, 1.54) is 0 Å². The van der Waals surface area contributed by atoms with Gasteiger partial charge in [-0.25, -0.2) is 4.79 Å². The quantitative estimate of drug-likeness (QED) is 0.619. The zero-order chi connectivity index (χ0) is 20.6. The summed E-state index contributed by atoms with van der Waals surface area (Å²) in [5.74, 6) is -0.158. The standard InChI is InChI=1S/C24H23NO4/c1-17-8-6-7-11-21(17)24(27)29-16-22(26)25-23(18-9-4-3-5-10-18)19-12-14-20(28-2)15-13-19/h3-15,23H,16H2,1-2H3,(H,25,26)/t23-/m1/s1. The molecular formula is C24H23NO4. The van der Waals surface area contributed by atoms with Gasteiger partial charge in [0.05, 0.1) is 18.7 Å². The number of hydrogen-bond acceptors (Lipinski definition) is 4. The topological polar surface area (TPSA) is 64.6 Å². The van der Waals surface area contributed by atoms with Gasteiger partial charge >= 0.3 is 5.97 Å². The predicted molar refractivity (Wildman–Crippen MR) is 111 cm³/mol. The molecule has 5 nitrogen and oxygen atoms in total. The van der Waals surface area contributed by atoms with Crippen LogP contribution in [0.2, 0.25) is 0 Å². The summed E-state index contributed by atoms with van der Waals surface area (Å²) in [7, 11) is 1.61. The largest absolute Gasteiger partial charge is 0.497 e. The van der Waals surface area contributed by atoms with Crippen molar-refractivity contribution in [1.29, 1.82) is 0 Å². The van der Waals surface area contributed by atoms with Gasteiger partial charge in [-0.3, -0.25) is 4.79 Å². The van der Waals surface area contributed by atoms with Crippen LogP contribution in [0, 0.1) is 6.92 Å². The Morgan fingerprint density at radius 2 is 1.48 bits per heavy atom. The highest BCUT2D eigenvalue weighted by molar-refractivity contribution is 5.92. The summed E-state index contributed by atoms with van der Waals surface area (Å²) in [6.07, 6.45) is 0. The van der Waals surface area contributed by atoms with Crippen molar-refractivity contribution in [2.75, 3.05) is 13.7 Å². The van der Waals surface area contributed by atoms with Crippen LogP contribution in [0.15, 0.2) is 78.9 Å². The first-order valence-electron chi connectivity index (χ1n) is 9.29. The van der Waals surface area contributed by atoms with Crippen molar-refractivity contribution < 1.29 is 19.1 Å². The van der Waals surface area contributed by atoms with Gasteiger partial charge in [-0.2, -0.15) is 0 Å². The number of ether oxygens (including phenoxy) is 2. The third-order valence-electron chi connectivity index (χ3n) is 4.59. The molecule has 0 aliphatic carbocycles. The van der Waals surface area contributed by atoms with E-state index < -0.39 is 5.97 Å². The number of nitrogens with one attached hydrogen (secondary N) is 1. The van der Waals surface area contributed by atoms with Crippen LogP contribution in [-0.4, -0.2) is 25.6 Å². The summed E-state index contributed by atoms with van der Waals surface area (Å²) < 4.78 is 10.4. The van der Waals surface area contributed by atoms with E-state index in [2.05, 4.69) is 5.32 Å². The van der Waals surface area contributed by atoms with Gasteiger partial charge in [0, 0.05) is 0 Å². The Morgan fingerprint density at radius 1 is 0.862 bits per heavy atom. The summed E-state index contributed by atoms with van der Waals surface area (Å²) in [6, 6.07) is 23.8. The zero-order valence-electron chi connectivity index (χ0n) is 16.4. The van der Waals surface area contributed by atoms with Crippen molar-refractivity contribution in [2.24, 2.45) is 0 Å². The monoisotopic (exact) mass is 389 g/mol. The Bertz CT molecular complexity index is 968. The fourth-order valence-corrected chi connectivity index (χ4v) is 3.01. The second kappa shape index (κ2) is 9.55. The van der Waals surface area contributed by atoms with Crippen molar-refractivity contribution >= 4 is 11.9 Å². The van der Waals surface area contributed by atoms with Gasteiger partial charge in [-0.15, -0.1) is 0 Å². The molecule has 1 amide bonds. The van der Waals surface area contributed by atoms with Crippen LogP contribution in [0.25, 0.3) is 0 Å². The highest BCUT2D eigenvalue weighted by Crippen LogP contribution is 2.24. The molecule has 0 saturated heterocycles.